The number of benzene rings is 1. The number of aliphatic hydroxyl groups excluding tert-OH is 1. The molecule has 0 saturated carbocycles. The van der Waals surface area contributed by atoms with Crippen LogP contribution in [0.25, 0.3) is 0 Å². The molecule has 1 aromatic rings. The van der Waals surface area contributed by atoms with Crippen molar-refractivity contribution in [2.45, 2.75) is 57.5 Å². The molecule has 0 fully saturated rings. The Kier molecular flexibility index (Phi) is 3.65. The highest BCUT2D eigenvalue weighted by Crippen LogP contribution is 2.40. The standard InChI is InChI=1S/C15H22O/c1-3-6-15(16)14-10-9-11(2)12-7-4-5-8-13(12)14/h4-5,7-8,11,14-16H,3,6,9-10H2,1-2H3. The first-order chi connectivity index (χ1) is 7.74. The Hall–Kier alpha value is -0.820. The van der Waals surface area contributed by atoms with Gasteiger partial charge in [0.05, 0.1) is 6.10 Å². The largest absolute Gasteiger partial charge is 0.392 e. The highest BCUT2D eigenvalue weighted by molar-refractivity contribution is 5.36. The predicted octanol–water partition coefficient (Wildman–Crippen LogP) is 3.83. The van der Waals surface area contributed by atoms with E-state index in [0.29, 0.717) is 11.8 Å². The number of rotatable bonds is 3. The molecule has 1 aliphatic rings. The fourth-order valence-electron chi connectivity index (χ4n) is 2.93. The summed E-state index contributed by atoms with van der Waals surface area (Å²) >= 11 is 0. The van der Waals surface area contributed by atoms with Gasteiger partial charge in [-0.15, -0.1) is 0 Å². The molecule has 3 atom stereocenters. The number of hydrogen-bond acceptors (Lipinski definition) is 1. The van der Waals surface area contributed by atoms with Crippen LogP contribution in [0.15, 0.2) is 24.3 Å². The van der Waals surface area contributed by atoms with Gasteiger partial charge in [0, 0.05) is 5.92 Å². The molecular formula is C15H22O. The third-order valence-electron chi connectivity index (χ3n) is 3.89. The lowest BCUT2D eigenvalue weighted by Gasteiger charge is -2.32. The molecular weight excluding hydrogens is 196 g/mol. The lowest BCUT2D eigenvalue weighted by atomic mass is 9.74. The molecule has 0 radical (unpaired) electrons. The Morgan fingerprint density at radius 1 is 1.25 bits per heavy atom. The lowest BCUT2D eigenvalue weighted by Crippen LogP contribution is -2.23. The third kappa shape index (κ3) is 2.15. The summed E-state index contributed by atoms with van der Waals surface area (Å²) in [6.07, 6.45) is 4.18. The molecule has 0 aliphatic heterocycles. The van der Waals surface area contributed by atoms with E-state index in [1.54, 1.807) is 0 Å². The first-order valence-corrected chi connectivity index (χ1v) is 6.51. The van der Waals surface area contributed by atoms with Gasteiger partial charge in [0.15, 0.2) is 0 Å². The van der Waals surface area contributed by atoms with Gasteiger partial charge in [-0.05, 0) is 36.3 Å². The third-order valence-corrected chi connectivity index (χ3v) is 3.89. The molecule has 1 aliphatic carbocycles. The van der Waals surface area contributed by atoms with E-state index in [9.17, 15) is 5.11 Å². The summed E-state index contributed by atoms with van der Waals surface area (Å²) in [5, 5.41) is 10.2. The summed E-state index contributed by atoms with van der Waals surface area (Å²) in [6, 6.07) is 8.64. The topological polar surface area (TPSA) is 20.2 Å². The zero-order valence-electron chi connectivity index (χ0n) is 10.3. The minimum Gasteiger partial charge on any atom is -0.392 e. The molecule has 0 amide bonds. The molecule has 1 heteroatoms. The molecule has 3 unspecified atom stereocenters. The van der Waals surface area contributed by atoms with Gasteiger partial charge in [-0.3, -0.25) is 0 Å². The van der Waals surface area contributed by atoms with Crippen molar-refractivity contribution in [2.75, 3.05) is 0 Å². The van der Waals surface area contributed by atoms with Crippen LogP contribution in [0.4, 0.5) is 0 Å². The van der Waals surface area contributed by atoms with Crippen molar-refractivity contribution in [3.8, 4) is 0 Å². The van der Waals surface area contributed by atoms with Crippen molar-refractivity contribution in [3.63, 3.8) is 0 Å². The van der Waals surface area contributed by atoms with Crippen LogP contribution in [0.3, 0.4) is 0 Å². The smallest absolute Gasteiger partial charge is 0.0608 e. The average Bonchev–Trinajstić information content (AvgIpc) is 2.30. The first kappa shape index (κ1) is 11.7. The summed E-state index contributed by atoms with van der Waals surface area (Å²) in [7, 11) is 0. The second-order valence-electron chi connectivity index (χ2n) is 5.07. The fraction of sp³-hybridized carbons (Fsp3) is 0.600. The van der Waals surface area contributed by atoms with Crippen LogP contribution in [0.1, 0.15) is 62.5 Å². The van der Waals surface area contributed by atoms with Gasteiger partial charge in [-0.1, -0.05) is 44.5 Å². The molecule has 1 nitrogen and oxygen atoms in total. The Morgan fingerprint density at radius 2 is 1.94 bits per heavy atom. The summed E-state index contributed by atoms with van der Waals surface area (Å²) in [6.45, 7) is 4.43. The van der Waals surface area contributed by atoms with E-state index in [1.807, 2.05) is 0 Å². The Balaban J connectivity index is 2.27. The maximum Gasteiger partial charge on any atom is 0.0608 e. The molecule has 88 valence electrons. The monoisotopic (exact) mass is 218 g/mol. The quantitative estimate of drug-likeness (QED) is 0.817. The van der Waals surface area contributed by atoms with Gasteiger partial charge in [-0.25, -0.2) is 0 Å². The minimum absolute atomic E-state index is 0.154. The zero-order chi connectivity index (χ0) is 11.5. The van der Waals surface area contributed by atoms with Crippen molar-refractivity contribution >= 4 is 0 Å². The lowest BCUT2D eigenvalue weighted by molar-refractivity contribution is 0.122. The molecule has 0 spiro atoms. The SMILES string of the molecule is CCCC(O)C1CCC(C)c2ccccc21. The minimum atomic E-state index is -0.154. The Labute approximate surface area is 98.5 Å². The van der Waals surface area contributed by atoms with Crippen molar-refractivity contribution in [3.05, 3.63) is 35.4 Å². The molecule has 16 heavy (non-hydrogen) atoms. The van der Waals surface area contributed by atoms with E-state index in [4.69, 9.17) is 0 Å². The molecule has 0 bridgehead atoms. The number of fused-ring (bicyclic) bond motifs is 1. The molecule has 1 N–H and O–H groups in total. The molecule has 0 heterocycles. The van der Waals surface area contributed by atoms with Gasteiger partial charge in [0.25, 0.3) is 0 Å². The van der Waals surface area contributed by atoms with E-state index < -0.39 is 0 Å². The summed E-state index contributed by atoms with van der Waals surface area (Å²) in [5.74, 6) is 1.02. The van der Waals surface area contributed by atoms with Gasteiger partial charge >= 0.3 is 0 Å². The van der Waals surface area contributed by atoms with Crippen LogP contribution in [0.5, 0.6) is 0 Å². The van der Waals surface area contributed by atoms with E-state index in [1.165, 1.54) is 17.5 Å². The van der Waals surface area contributed by atoms with Crippen molar-refractivity contribution in [1.82, 2.24) is 0 Å². The maximum absolute atomic E-state index is 10.2. The van der Waals surface area contributed by atoms with Crippen LogP contribution in [-0.2, 0) is 0 Å². The van der Waals surface area contributed by atoms with Gasteiger partial charge in [-0.2, -0.15) is 0 Å². The second kappa shape index (κ2) is 5.01. The Bertz CT molecular complexity index is 345. The van der Waals surface area contributed by atoms with E-state index >= 15 is 0 Å². The van der Waals surface area contributed by atoms with Gasteiger partial charge in [0.2, 0.25) is 0 Å². The van der Waals surface area contributed by atoms with Crippen molar-refractivity contribution in [2.24, 2.45) is 0 Å². The fourth-order valence-corrected chi connectivity index (χ4v) is 2.93. The average molecular weight is 218 g/mol. The molecule has 2 rings (SSSR count). The molecule has 0 aromatic heterocycles. The van der Waals surface area contributed by atoms with Crippen LogP contribution in [0.2, 0.25) is 0 Å². The van der Waals surface area contributed by atoms with Gasteiger partial charge < -0.3 is 5.11 Å². The highest BCUT2D eigenvalue weighted by atomic mass is 16.3. The van der Waals surface area contributed by atoms with Crippen LogP contribution < -0.4 is 0 Å². The summed E-state index contributed by atoms with van der Waals surface area (Å²) in [4.78, 5) is 0. The first-order valence-electron chi connectivity index (χ1n) is 6.51. The van der Waals surface area contributed by atoms with E-state index in [-0.39, 0.29) is 6.10 Å². The number of hydrogen-bond donors (Lipinski definition) is 1. The normalized spacial score (nSPS) is 26.2. The van der Waals surface area contributed by atoms with Crippen LogP contribution in [0, 0.1) is 0 Å². The van der Waals surface area contributed by atoms with Crippen molar-refractivity contribution < 1.29 is 5.11 Å². The Morgan fingerprint density at radius 3 is 2.62 bits per heavy atom. The number of aliphatic hydroxyl groups is 1. The van der Waals surface area contributed by atoms with Gasteiger partial charge in [0.1, 0.15) is 0 Å². The maximum atomic E-state index is 10.2. The molecule has 0 saturated heterocycles. The summed E-state index contributed by atoms with van der Waals surface area (Å²) in [5.41, 5.74) is 2.84. The second-order valence-corrected chi connectivity index (χ2v) is 5.07. The highest BCUT2D eigenvalue weighted by Gasteiger charge is 2.28. The van der Waals surface area contributed by atoms with E-state index in [2.05, 4.69) is 38.1 Å². The van der Waals surface area contributed by atoms with Crippen molar-refractivity contribution in [1.29, 1.82) is 0 Å². The van der Waals surface area contributed by atoms with Crippen LogP contribution >= 0.6 is 0 Å². The predicted molar refractivity (Wildman–Crippen MR) is 67.7 cm³/mol. The van der Waals surface area contributed by atoms with Crippen LogP contribution in [-0.4, -0.2) is 11.2 Å². The van der Waals surface area contributed by atoms with E-state index in [0.717, 1.165) is 19.3 Å². The summed E-state index contributed by atoms with van der Waals surface area (Å²) < 4.78 is 0. The molecule has 1 aromatic carbocycles. The zero-order valence-corrected chi connectivity index (χ0v) is 10.3.